The Balaban J connectivity index is 1.66. The number of hydrogen-bond donors (Lipinski definition) is 1. The van der Waals surface area contributed by atoms with E-state index in [1.165, 1.54) is 55.8 Å². The fourth-order valence-electron chi connectivity index (χ4n) is 3.68. The molecular formula is C18H25NO. The molecule has 1 saturated carbocycles. The van der Waals surface area contributed by atoms with Crippen LogP contribution in [0, 0.1) is 5.92 Å². The number of fused-ring (bicyclic) bond motifs is 1. The molecule has 3 rings (SSSR count). The Morgan fingerprint density at radius 3 is 2.70 bits per heavy atom. The number of para-hydroxylation sites is 1. The Morgan fingerprint density at radius 2 is 1.90 bits per heavy atom. The monoisotopic (exact) mass is 271 g/mol. The Kier molecular flexibility index (Phi) is 4.41. The molecule has 1 aromatic heterocycles. The van der Waals surface area contributed by atoms with Gasteiger partial charge in [-0.25, -0.2) is 0 Å². The van der Waals surface area contributed by atoms with Crippen LogP contribution >= 0.6 is 0 Å². The molecule has 20 heavy (non-hydrogen) atoms. The molecule has 0 spiro atoms. The standard InChI is InChI=1S/C18H25NO/c20-14-17-13-16-10-4-5-11-18(16)19(17)12-6-9-15-7-2-1-3-8-15/h4-5,10-11,13,15,20H,1-3,6-9,12,14H2. The minimum absolute atomic E-state index is 0.137. The normalized spacial score (nSPS) is 16.9. The lowest BCUT2D eigenvalue weighted by Gasteiger charge is -2.21. The van der Waals surface area contributed by atoms with Gasteiger partial charge in [0.25, 0.3) is 0 Å². The van der Waals surface area contributed by atoms with Gasteiger partial charge >= 0.3 is 0 Å². The van der Waals surface area contributed by atoms with Crippen LogP contribution in [0.4, 0.5) is 0 Å². The summed E-state index contributed by atoms with van der Waals surface area (Å²) >= 11 is 0. The van der Waals surface area contributed by atoms with E-state index in [1.807, 2.05) is 0 Å². The molecule has 1 aromatic carbocycles. The molecule has 2 nitrogen and oxygen atoms in total. The summed E-state index contributed by atoms with van der Waals surface area (Å²) in [6.45, 7) is 1.18. The summed E-state index contributed by atoms with van der Waals surface area (Å²) in [5.41, 5.74) is 2.31. The van der Waals surface area contributed by atoms with Crippen LogP contribution in [-0.2, 0) is 13.2 Å². The molecule has 0 bridgehead atoms. The van der Waals surface area contributed by atoms with Gasteiger partial charge in [0.15, 0.2) is 0 Å². The van der Waals surface area contributed by atoms with Crippen molar-refractivity contribution in [3.63, 3.8) is 0 Å². The highest BCUT2D eigenvalue weighted by Crippen LogP contribution is 2.28. The average molecular weight is 271 g/mol. The van der Waals surface area contributed by atoms with Crippen molar-refractivity contribution in [2.24, 2.45) is 5.92 Å². The van der Waals surface area contributed by atoms with Gasteiger partial charge in [-0.15, -0.1) is 0 Å². The largest absolute Gasteiger partial charge is 0.390 e. The number of benzene rings is 1. The molecule has 0 atom stereocenters. The molecule has 0 saturated heterocycles. The van der Waals surface area contributed by atoms with E-state index in [-0.39, 0.29) is 6.61 Å². The van der Waals surface area contributed by atoms with Gasteiger partial charge in [-0.05, 0) is 36.3 Å². The predicted octanol–water partition coefficient (Wildman–Crippen LogP) is 4.49. The zero-order valence-corrected chi connectivity index (χ0v) is 12.2. The van der Waals surface area contributed by atoms with Crippen LogP contribution in [0.15, 0.2) is 30.3 Å². The van der Waals surface area contributed by atoms with Crippen LogP contribution in [0.1, 0.15) is 50.6 Å². The molecule has 0 amide bonds. The third-order valence-electron chi connectivity index (χ3n) is 4.78. The highest BCUT2D eigenvalue weighted by Gasteiger charge is 2.13. The number of aliphatic hydroxyl groups is 1. The minimum atomic E-state index is 0.137. The first-order chi connectivity index (χ1) is 9.88. The van der Waals surface area contributed by atoms with Crippen molar-refractivity contribution < 1.29 is 5.11 Å². The summed E-state index contributed by atoms with van der Waals surface area (Å²) in [6, 6.07) is 10.6. The lowest BCUT2D eigenvalue weighted by Crippen LogP contribution is -2.09. The number of nitrogens with zero attached hydrogens (tertiary/aromatic N) is 1. The molecule has 0 radical (unpaired) electrons. The van der Waals surface area contributed by atoms with E-state index in [0.717, 1.165) is 18.2 Å². The van der Waals surface area contributed by atoms with Crippen molar-refractivity contribution in [2.75, 3.05) is 0 Å². The highest BCUT2D eigenvalue weighted by molar-refractivity contribution is 5.81. The van der Waals surface area contributed by atoms with Crippen molar-refractivity contribution in [3.8, 4) is 0 Å². The van der Waals surface area contributed by atoms with E-state index in [1.54, 1.807) is 0 Å². The van der Waals surface area contributed by atoms with E-state index in [2.05, 4.69) is 34.9 Å². The first kappa shape index (κ1) is 13.7. The second-order valence-electron chi connectivity index (χ2n) is 6.15. The van der Waals surface area contributed by atoms with E-state index in [9.17, 15) is 5.11 Å². The molecule has 1 aliphatic rings. The molecule has 0 aliphatic heterocycles. The van der Waals surface area contributed by atoms with Crippen LogP contribution in [-0.4, -0.2) is 9.67 Å². The van der Waals surface area contributed by atoms with Gasteiger partial charge in [0.1, 0.15) is 0 Å². The maximum Gasteiger partial charge on any atom is 0.0833 e. The third kappa shape index (κ3) is 2.90. The van der Waals surface area contributed by atoms with Gasteiger partial charge < -0.3 is 9.67 Å². The predicted molar refractivity (Wildman–Crippen MR) is 83.7 cm³/mol. The zero-order valence-electron chi connectivity index (χ0n) is 12.2. The SMILES string of the molecule is OCc1cc2ccccc2n1CCCC1CCCCC1. The molecule has 0 unspecified atom stereocenters. The minimum Gasteiger partial charge on any atom is -0.390 e. The van der Waals surface area contributed by atoms with Crippen LogP contribution in [0.3, 0.4) is 0 Å². The van der Waals surface area contributed by atoms with E-state index >= 15 is 0 Å². The number of hydrogen-bond acceptors (Lipinski definition) is 1. The lowest BCUT2D eigenvalue weighted by atomic mass is 9.86. The summed E-state index contributed by atoms with van der Waals surface area (Å²) in [7, 11) is 0. The fraction of sp³-hybridized carbons (Fsp3) is 0.556. The van der Waals surface area contributed by atoms with Crippen LogP contribution < -0.4 is 0 Å². The fourth-order valence-corrected chi connectivity index (χ4v) is 3.68. The number of aliphatic hydroxyl groups excluding tert-OH is 1. The van der Waals surface area contributed by atoms with Gasteiger partial charge in [-0.3, -0.25) is 0 Å². The molecular weight excluding hydrogens is 246 g/mol. The number of aryl methyl sites for hydroxylation is 1. The summed E-state index contributed by atoms with van der Waals surface area (Å²) in [6.07, 6.45) is 9.73. The first-order valence-electron chi connectivity index (χ1n) is 8.06. The Bertz CT molecular complexity index is 552. The van der Waals surface area contributed by atoms with Gasteiger partial charge in [0.2, 0.25) is 0 Å². The van der Waals surface area contributed by atoms with Crippen molar-refractivity contribution in [1.82, 2.24) is 4.57 Å². The summed E-state index contributed by atoms with van der Waals surface area (Å²) in [5.74, 6) is 0.947. The maximum absolute atomic E-state index is 9.55. The Morgan fingerprint density at radius 1 is 1.10 bits per heavy atom. The molecule has 108 valence electrons. The third-order valence-corrected chi connectivity index (χ3v) is 4.78. The van der Waals surface area contributed by atoms with Crippen molar-refractivity contribution >= 4 is 10.9 Å². The van der Waals surface area contributed by atoms with Gasteiger partial charge in [-0.2, -0.15) is 0 Å². The number of rotatable bonds is 5. The van der Waals surface area contributed by atoms with Crippen LogP contribution in [0.5, 0.6) is 0 Å². The zero-order chi connectivity index (χ0) is 13.8. The van der Waals surface area contributed by atoms with Crippen molar-refractivity contribution in [2.45, 2.75) is 58.1 Å². The molecule has 1 heterocycles. The second kappa shape index (κ2) is 6.45. The van der Waals surface area contributed by atoms with E-state index in [4.69, 9.17) is 0 Å². The number of aromatic nitrogens is 1. The summed E-state index contributed by atoms with van der Waals surface area (Å²) < 4.78 is 2.30. The topological polar surface area (TPSA) is 25.2 Å². The molecule has 2 aromatic rings. The Labute approximate surface area is 121 Å². The van der Waals surface area contributed by atoms with E-state index < -0.39 is 0 Å². The van der Waals surface area contributed by atoms with Gasteiger partial charge in [0.05, 0.1) is 6.61 Å². The summed E-state index contributed by atoms with van der Waals surface area (Å²) in [4.78, 5) is 0. The lowest BCUT2D eigenvalue weighted by molar-refractivity contribution is 0.269. The van der Waals surface area contributed by atoms with Gasteiger partial charge in [0, 0.05) is 17.8 Å². The molecule has 1 N–H and O–H groups in total. The van der Waals surface area contributed by atoms with Crippen molar-refractivity contribution in [1.29, 1.82) is 0 Å². The molecule has 1 fully saturated rings. The summed E-state index contributed by atoms with van der Waals surface area (Å²) in [5, 5.41) is 10.8. The Hall–Kier alpha value is -1.28. The maximum atomic E-state index is 9.55. The molecule has 2 heteroatoms. The first-order valence-corrected chi connectivity index (χ1v) is 8.06. The van der Waals surface area contributed by atoms with Gasteiger partial charge in [-0.1, -0.05) is 50.3 Å². The van der Waals surface area contributed by atoms with E-state index in [0.29, 0.717) is 0 Å². The quantitative estimate of drug-likeness (QED) is 0.851. The average Bonchev–Trinajstić information content (AvgIpc) is 2.87. The molecule has 1 aliphatic carbocycles. The smallest absolute Gasteiger partial charge is 0.0833 e. The van der Waals surface area contributed by atoms with Crippen molar-refractivity contribution in [3.05, 3.63) is 36.0 Å². The second-order valence-corrected chi connectivity index (χ2v) is 6.15. The van der Waals surface area contributed by atoms with Crippen LogP contribution in [0.2, 0.25) is 0 Å². The van der Waals surface area contributed by atoms with Crippen LogP contribution in [0.25, 0.3) is 10.9 Å². The highest BCUT2D eigenvalue weighted by atomic mass is 16.3.